The summed E-state index contributed by atoms with van der Waals surface area (Å²) in [7, 11) is -6.30. The Kier molecular flexibility index (Phi) is 7.18. The molecule has 188 valence electrons. The highest BCUT2D eigenvalue weighted by Gasteiger charge is 2.35. The summed E-state index contributed by atoms with van der Waals surface area (Å²) in [5.74, 6) is -0.727. The van der Waals surface area contributed by atoms with Gasteiger partial charge in [0, 0.05) is 37.2 Å². The Morgan fingerprint density at radius 3 is 2.29 bits per heavy atom. The molecule has 0 aliphatic heterocycles. The third-order valence-electron chi connectivity index (χ3n) is 4.64. The molecule has 0 aliphatic rings. The molecule has 35 heavy (non-hydrogen) atoms. The van der Waals surface area contributed by atoms with Gasteiger partial charge in [-0.2, -0.15) is 18.2 Å². The minimum atomic E-state index is -4.78. The number of hydrogen-bond acceptors (Lipinski definition) is 9. The van der Waals surface area contributed by atoms with Crippen molar-refractivity contribution >= 4 is 43.3 Å². The number of rotatable bonds is 8. The molecule has 0 spiro atoms. The summed E-state index contributed by atoms with van der Waals surface area (Å²) in [5, 5.41) is 10.3. The molecule has 1 aromatic carbocycles. The number of alkyl halides is 3. The SMILES string of the molecule is CN(c1ncccc1CNc1nc(Nc2ccc(S(N)(=O)=O)cc2)ncc1C(F)(F)F)S(C)(=O)=O. The maximum atomic E-state index is 13.5. The van der Waals surface area contributed by atoms with Crippen LogP contribution in [0.5, 0.6) is 0 Å². The number of nitrogens with one attached hydrogen (secondary N) is 2. The van der Waals surface area contributed by atoms with Gasteiger partial charge in [-0.25, -0.2) is 31.9 Å². The van der Waals surface area contributed by atoms with Crippen LogP contribution in [0, 0.1) is 0 Å². The number of halogens is 3. The van der Waals surface area contributed by atoms with Gasteiger partial charge in [0.25, 0.3) is 0 Å². The quantitative estimate of drug-likeness (QED) is 0.396. The van der Waals surface area contributed by atoms with Crippen molar-refractivity contribution in [1.29, 1.82) is 0 Å². The first-order chi connectivity index (χ1) is 16.2. The summed E-state index contributed by atoms with van der Waals surface area (Å²) < 4.78 is 88.0. The number of hydrogen-bond donors (Lipinski definition) is 3. The van der Waals surface area contributed by atoms with E-state index in [1.165, 1.54) is 49.6 Å². The molecule has 0 atom stereocenters. The third kappa shape index (κ3) is 6.55. The second kappa shape index (κ2) is 9.63. The van der Waals surface area contributed by atoms with Gasteiger partial charge >= 0.3 is 6.18 Å². The normalized spacial score (nSPS) is 12.3. The van der Waals surface area contributed by atoms with E-state index in [0.29, 0.717) is 17.4 Å². The Hall–Kier alpha value is -3.50. The minimum Gasteiger partial charge on any atom is -0.365 e. The molecule has 0 radical (unpaired) electrons. The van der Waals surface area contributed by atoms with Crippen LogP contribution in [0.4, 0.5) is 36.4 Å². The zero-order chi connectivity index (χ0) is 26.0. The Morgan fingerprint density at radius 1 is 1.06 bits per heavy atom. The topological polar surface area (TPSA) is 160 Å². The smallest absolute Gasteiger partial charge is 0.365 e. The van der Waals surface area contributed by atoms with Gasteiger partial charge in [-0.3, -0.25) is 4.31 Å². The van der Waals surface area contributed by atoms with Gasteiger partial charge in [0.15, 0.2) is 0 Å². The van der Waals surface area contributed by atoms with E-state index < -0.39 is 37.6 Å². The Labute approximate surface area is 199 Å². The lowest BCUT2D eigenvalue weighted by atomic mass is 10.2. The van der Waals surface area contributed by atoms with E-state index in [-0.39, 0.29) is 23.2 Å². The van der Waals surface area contributed by atoms with Gasteiger partial charge in [0.2, 0.25) is 26.0 Å². The van der Waals surface area contributed by atoms with Crippen molar-refractivity contribution < 1.29 is 30.0 Å². The lowest BCUT2D eigenvalue weighted by Crippen LogP contribution is -2.27. The number of sulfonamides is 2. The van der Waals surface area contributed by atoms with E-state index in [4.69, 9.17) is 5.14 Å². The monoisotopic (exact) mass is 531 g/mol. The molecule has 4 N–H and O–H groups in total. The standard InChI is InChI=1S/C19H20F3N7O4S2/c1-29(34(2,30)31)17-12(4-3-9-24-17)10-25-16-15(19(20,21)22)11-26-18(28-16)27-13-5-7-14(8-6-13)35(23,32)33/h3-9,11H,10H2,1-2H3,(H2,23,32,33)(H2,25,26,27,28). The largest absolute Gasteiger partial charge is 0.421 e. The summed E-state index contributed by atoms with van der Waals surface area (Å²) in [6.07, 6.45) is -1.86. The van der Waals surface area contributed by atoms with Crippen LogP contribution in [-0.2, 0) is 32.8 Å². The van der Waals surface area contributed by atoms with E-state index in [1.54, 1.807) is 0 Å². The van der Waals surface area contributed by atoms with Crippen molar-refractivity contribution in [3.8, 4) is 0 Å². The molecule has 0 unspecified atom stereocenters. The summed E-state index contributed by atoms with van der Waals surface area (Å²) in [6, 6.07) is 8.14. The first kappa shape index (κ1) is 26.1. The molecule has 0 bridgehead atoms. The number of pyridine rings is 1. The Morgan fingerprint density at radius 2 is 1.71 bits per heavy atom. The van der Waals surface area contributed by atoms with Crippen molar-refractivity contribution in [2.45, 2.75) is 17.6 Å². The molecule has 3 rings (SSSR count). The minimum absolute atomic E-state index is 0.0402. The van der Waals surface area contributed by atoms with Crippen molar-refractivity contribution in [1.82, 2.24) is 15.0 Å². The van der Waals surface area contributed by atoms with Gasteiger partial charge in [-0.05, 0) is 30.3 Å². The van der Waals surface area contributed by atoms with Crippen LogP contribution in [-0.4, -0.2) is 45.1 Å². The van der Waals surface area contributed by atoms with E-state index in [0.717, 1.165) is 10.6 Å². The van der Waals surface area contributed by atoms with Crippen molar-refractivity contribution in [3.63, 3.8) is 0 Å². The number of anilines is 4. The number of nitrogens with two attached hydrogens (primary N) is 1. The first-order valence-corrected chi connectivity index (χ1v) is 13.0. The molecule has 0 fully saturated rings. The predicted octanol–water partition coefficient (Wildman–Crippen LogP) is 2.29. The third-order valence-corrected chi connectivity index (χ3v) is 6.74. The second-order valence-corrected chi connectivity index (χ2v) is 10.8. The van der Waals surface area contributed by atoms with E-state index in [2.05, 4.69) is 25.6 Å². The summed E-state index contributed by atoms with van der Waals surface area (Å²) in [4.78, 5) is 11.4. The van der Waals surface area contributed by atoms with E-state index >= 15 is 0 Å². The fraction of sp³-hybridized carbons (Fsp3) is 0.211. The lowest BCUT2D eigenvalue weighted by Gasteiger charge is -2.20. The van der Waals surface area contributed by atoms with Crippen LogP contribution in [0.2, 0.25) is 0 Å². The predicted molar refractivity (Wildman–Crippen MR) is 123 cm³/mol. The molecular weight excluding hydrogens is 511 g/mol. The van der Waals surface area contributed by atoms with Gasteiger partial charge in [-0.15, -0.1) is 0 Å². The highest BCUT2D eigenvalue weighted by atomic mass is 32.2. The molecular formula is C19H20F3N7O4S2. The average molecular weight is 532 g/mol. The zero-order valence-electron chi connectivity index (χ0n) is 18.3. The Balaban J connectivity index is 1.90. The molecule has 0 saturated carbocycles. The number of nitrogens with zero attached hydrogens (tertiary/aromatic N) is 4. The molecule has 16 heteroatoms. The average Bonchev–Trinajstić information content (AvgIpc) is 2.76. The number of benzene rings is 1. The zero-order valence-corrected chi connectivity index (χ0v) is 19.9. The molecule has 2 heterocycles. The van der Waals surface area contributed by atoms with E-state index in [9.17, 15) is 30.0 Å². The van der Waals surface area contributed by atoms with Crippen LogP contribution in [0.1, 0.15) is 11.1 Å². The molecule has 11 nitrogen and oxygen atoms in total. The highest BCUT2D eigenvalue weighted by Crippen LogP contribution is 2.34. The lowest BCUT2D eigenvalue weighted by molar-refractivity contribution is -0.137. The van der Waals surface area contributed by atoms with Crippen LogP contribution in [0.3, 0.4) is 0 Å². The van der Waals surface area contributed by atoms with Crippen molar-refractivity contribution in [2.75, 3.05) is 28.2 Å². The molecule has 0 aliphatic carbocycles. The summed E-state index contributed by atoms with van der Waals surface area (Å²) >= 11 is 0. The number of aromatic nitrogens is 3. The molecule has 2 aromatic heterocycles. The molecule has 0 saturated heterocycles. The van der Waals surface area contributed by atoms with Crippen molar-refractivity contribution in [3.05, 3.63) is 59.9 Å². The van der Waals surface area contributed by atoms with Crippen LogP contribution in [0.15, 0.2) is 53.7 Å². The fourth-order valence-electron chi connectivity index (χ4n) is 2.83. The summed E-state index contributed by atoms with van der Waals surface area (Å²) in [5.41, 5.74) is -0.540. The van der Waals surface area contributed by atoms with Crippen LogP contribution >= 0.6 is 0 Å². The highest BCUT2D eigenvalue weighted by molar-refractivity contribution is 7.92. The maximum absolute atomic E-state index is 13.5. The summed E-state index contributed by atoms with van der Waals surface area (Å²) in [6.45, 7) is -0.231. The molecule has 3 aromatic rings. The van der Waals surface area contributed by atoms with Crippen molar-refractivity contribution in [2.24, 2.45) is 5.14 Å². The maximum Gasteiger partial charge on any atom is 0.421 e. The van der Waals surface area contributed by atoms with E-state index in [1.807, 2.05) is 0 Å². The number of primary sulfonamides is 1. The Bertz CT molecular complexity index is 1430. The second-order valence-electron chi connectivity index (χ2n) is 7.22. The fourth-order valence-corrected chi connectivity index (χ4v) is 3.82. The van der Waals surface area contributed by atoms with Gasteiger partial charge in [-0.1, -0.05) is 6.07 Å². The van der Waals surface area contributed by atoms with Crippen LogP contribution < -0.4 is 20.1 Å². The molecule has 0 amide bonds. The van der Waals surface area contributed by atoms with Gasteiger partial charge in [0.05, 0.1) is 11.2 Å². The van der Waals surface area contributed by atoms with Gasteiger partial charge in [0.1, 0.15) is 17.2 Å². The first-order valence-electron chi connectivity index (χ1n) is 9.62. The van der Waals surface area contributed by atoms with Crippen LogP contribution in [0.25, 0.3) is 0 Å². The van der Waals surface area contributed by atoms with Gasteiger partial charge < -0.3 is 10.6 Å².